The average Bonchev–Trinajstić information content (AvgIpc) is 2.90. The van der Waals surface area contributed by atoms with E-state index in [2.05, 4.69) is 15.8 Å². The summed E-state index contributed by atoms with van der Waals surface area (Å²) >= 11 is 0. The number of rotatable bonds is 5. The molecular weight excluding hydrogens is 284 g/mol. The van der Waals surface area contributed by atoms with Crippen LogP contribution in [0.5, 0.6) is 0 Å². The molecule has 0 aliphatic heterocycles. The number of nitrogens with one attached hydrogen (secondary N) is 2. The highest BCUT2D eigenvalue weighted by Gasteiger charge is 2.10. The van der Waals surface area contributed by atoms with E-state index in [1.165, 1.54) is 0 Å². The van der Waals surface area contributed by atoms with Crippen molar-refractivity contribution in [2.75, 3.05) is 30.9 Å². The van der Waals surface area contributed by atoms with Crippen molar-refractivity contribution >= 4 is 23.3 Å². The Morgan fingerprint density at radius 1 is 1.27 bits per heavy atom. The van der Waals surface area contributed by atoms with Crippen molar-refractivity contribution in [1.82, 2.24) is 10.5 Å². The van der Waals surface area contributed by atoms with Crippen molar-refractivity contribution < 1.29 is 14.1 Å². The van der Waals surface area contributed by atoms with Crippen LogP contribution in [0.15, 0.2) is 34.9 Å². The van der Waals surface area contributed by atoms with Gasteiger partial charge in [0.25, 0.3) is 5.91 Å². The van der Waals surface area contributed by atoms with Gasteiger partial charge in [-0.25, -0.2) is 0 Å². The summed E-state index contributed by atoms with van der Waals surface area (Å²) in [5, 5.41) is 8.74. The van der Waals surface area contributed by atoms with Crippen molar-refractivity contribution in [3.63, 3.8) is 0 Å². The van der Waals surface area contributed by atoms with E-state index < -0.39 is 0 Å². The van der Waals surface area contributed by atoms with Crippen LogP contribution in [-0.2, 0) is 4.79 Å². The molecule has 0 saturated carbocycles. The van der Waals surface area contributed by atoms with Gasteiger partial charge in [-0.1, -0.05) is 11.2 Å². The van der Waals surface area contributed by atoms with Crippen molar-refractivity contribution in [1.29, 1.82) is 0 Å². The van der Waals surface area contributed by atoms with Gasteiger partial charge in [0.1, 0.15) is 5.76 Å². The number of carbonyl (C=O) groups is 2. The lowest BCUT2D eigenvalue weighted by atomic mass is 10.2. The van der Waals surface area contributed by atoms with Gasteiger partial charge in [0.2, 0.25) is 5.91 Å². The number of hydrogen-bond donors (Lipinski definition) is 2. The first kappa shape index (κ1) is 15.6. The fraction of sp³-hybridized carbons (Fsp3) is 0.267. The van der Waals surface area contributed by atoms with Gasteiger partial charge in [-0.3, -0.25) is 9.59 Å². The molecule has 2 amide bonds. The van der Waals surface area contributed by atoms with E-state index in [-0.39, 0.29) is 18.4 Å². The molecule has 0 bridgehead atoms. The molecule has 0 aliphatic rings. The minimum atomic E-state index is -0.370. The van der Waals surface area contributed by atoms with E-state index in [1.807, 2.05) is 25.1 Å². The second-order valence-corrected chi connectivity index (χ2v) is 5.00. The normalized spacial score (nSPS) is 10.1. The molecule has 2 rings (SSSR count). The second kappa shape index (κ2) is 6.75. The summed E-state index contributed by atoms with van der Waals surface area (Å²) in [5.74, 6) is 0.242. The topological polar surface area (TPSA) is 87.5 Å². The largest absolute Gasteiger partial charge is 0.378 e. The maximum atomic E-state index is 12.0. The van der Waals surface area contributed by atoms with Crippen LogP contribution in [0.1, 0.15) is 16.1 Å². The summed E-state index contributed by atoms with van der Waals surface area (Å²) in [4.78, 5) is 25.7. The summed E-state index contributed by atoms with van der Waals surface area (Å²) in [6.45, 7) is 1.58. The zero-order valence-corrected chi connectivity index (χ0v) is 12.7. The minimum Gasteiger partial charge on any atom is -0.378 e. The summed E-state index contributed by atoms with van der Waals surface area (Å²) in [7, 11) is 3.79. The number of aromatic nitrogens is 1. The van der Waals surface area contributed by atoms with Crippen molar-refractivity contribution in [2.45, 2.75) is 6.92 Å². The molecule has 0 saturated heterocycles. The Kier molecular flexibility index (Phi) is 4.77. The number of aryl methyl sites for hydroxylation is 1. The quantitative estimate of drug-likeness (QED) is 0.872. The van der Waals surface area contributed by atoms with E-state index in [1.54, 1.807) is 31.2 Å². The van der Waals surface area contributed by atoms with E-state index >= 15 is 0 Å². The van der Waals surface area contributed by atoms with E-state index in [4.69, 9.17) is 4.52 Å². The highest BCUT2D eigenvalue weighted by molar-refractivity contribution is 5.99. The summed E-state index contributed by atoms with van der Waals surface area (Å²) in [6.07, 6.45) is 0. The van der Waals surface area contributed by atoms with Gasteiger partial charge >= 0.3 is 0 Å². The molecule has 7 heteroatoms. The van der Waals surface area contributed by atoms with Crippen molar-refractivity contribution in [3.8, 4) is 0 Å². The van der Waals surface area contributed by atoms with Crippen molar-refractivity contribution in [3.05, 3.63) is 41.7 Å². The molecule has 7 nitrogen and oxygen atoms in total. The Bertz CT molecular complexity index is 679. The van der Waals surface area contributed by atoms with E-state index in [0.29, 0.717) is 17.1 Å². The zero-order valence-electron chi connectivity index (χ0n) is 12.7. The van der Waals surface area contributed by atoms with E-state index in [0.717, 1.165) is 5.69 Å². The van der Waals surface area contributed by atoms with Gasteiger partial charge in [0.15, 0.2) is 5.82 Å². The third-order valence-electron chi connectivity index (χ3n) is 2.93. The van der Waals surface area contributed by atoms with Gasteiger partial charge in [-0.05, 0) is 25.1 Å². The highest BCUT2D eigenvalue weighted by Crippen LogP contribution is 2.13. The SMILES string of the molecule is Cc1cc(NC(=O)CNC(=O)c2cccc(N(C)C)c2)no1. The fourth-order valence-corrected chi connectivity index (χ4v) is 1.80. The first-order valence-electron chi connectivity index (χ1n) is 6.74. The summed E-state index contributed by atoms with van der Waals surface area (Å²) in [5.41, 5.74) is 1.41. The highest BCUT2D eigenvalue weighted by atomic mass is 16.5. The van der Waals surface area contributed by atoms with Crippen LogP contribution in [0.2, 0.25) is 0 Å². The lowest BCUT2D eigenvalue weighted by Gasteiger charge is -2.13. The van der Waals surface area contributed by atoms with Gasteiger partial charge in [-0.2, -0.15) is 0 Å². The molecule has 0 unspecified atom stereocenters. The molecule has 0 radical (unpaired) electrons. The smallest absolute Gasteiger partial charge is 0.251 e. The minimum absolute atomic E-state index is 0.142. The van der Waals surface area contributed by atoms with Crippen LogP contribution in [0.25, 0.3) is 0 Å². The predicted molar refractivity (Wildman–Crippen MR) is 83.0 cm³/mol. The van der Waals surface area contributed by atoms with Crippen LogP contribution in [-0.4, -0.2) is 37.6 Å². The third-order valence-corrected chi connectivity index (χ3v) is 2.93. The van der Waals surface area contributed by atoms with Gasteiger partial charge in [-0.15, -0.1) is 0 Å². The average molecular weight is 302 g/mol. The first-order chi connectivity index (χ1) is 10.5. The molecule has 1 aromatic carbocycles. The Hall–Kier alpha value is -2.83. The Morgan fingerprint density at radius 2 is 2.05 bits per heavy atom. The van der Waals surface area contributed by atoms with Crippen LogP contribution < -0.4 is 15.5 Å². The van der Waals surface area contributed by atoms with Crippen LogP contribution in [0.4, 0.5) is 11.5 Å². The standard InChI is InChI=1S/C15H18N4O3/c1-10-7-13(18-22-10)17-14(20)9-16-15(21)11-5-4-6-12(8-11)19(2)3/h4-8H,9H2,1-3H3,(H,16,21)(H,17,18,20). The van der Waals surface area contributed by atoms with Crippen LogP contribution >= 0.6 is 0 Å². The number of hydrogen-bond acceptors (Lipinski definition) is 5. The zero-order chi connectivity index (χ0) is 16.1. The third kappa shape index (κ3) is 4.08. The van der Waals surface area contributed by atoms with Crippen molar-refractivity contribution in [2.24, 2.45) is 0 Å². The molecule has 22 heavy (non-hydrogen) atoms. The van der Waals surface area contributed by atoms with Crippen LogP contribution in [0, 0.1) is 6.92 Å². The maximum absolute atomic E-state index is 12.0. The lowest BCUT2D eigenvalue weighted by Crippen LogP contribution is -2.33. The number of anilines is 2. The number of carbonyl (C=O) groups excluding carboxylic acids is 2. The predicted octanol–water partition coefficient (Wildman–Crippen LogP) is 1.42. The molecular formula is C15H18N4O3. The molecule has 1 aromatic heterocycles. The molecule has 2 aromatic rings. The summed E-state index contributed by atoms with van der Waals surface area (Å²) < 4.78 is 4.84. The molecule has 0 spiro atoms. The fourth-order valence-electron chi connectivity index (χ4n) is 1.80. The molecule has 116 valence electrons. The molecule has 0 fully saturated rings. The molecule has 0 aliphatic carbocycles. The Morgan fingerprint density at radius 3 is 2.68 bits per heavy atom. The van der Waals surface area contributed by atoms with Gasteiger partial charge < -0.3 is 20.1 Å². The summed E-state index contributed by atoms with van der Waals surface area (Å²) in [6, 6.07) is 8.74. The van der Waals surface area contributed by atoms with Gasteiger partial charge in [0.05, 0.1) is 6.54 Å². The number of benzene rings is 1. The van der Waals surface area contributed by atoms with Gasteiger partial charge in [0, 0.05) is 31.4 Å². The van der Waals surface area contributed by atoms with E-state index in [9.17, 15) is 9.59 Å². The maximum Gasteiger partial charge on any atom is 0.251 e. The van der Waals surface area contributed by atoms with Crippen LogP contribution in [0.3, 0.4) is 0 Å². The second-order valence-electron chi connectivity index (χ2n) is 5.00. The Balaban J connectivity index is 1.89. The lowest BCUT2D eigenvalue weighted by molar-refractivity contribution is -0.115. The molecule has 0 atom stereocenters. The Labute approximate surface area is 128 Å². The molecule has 2 N–H and O–H groups in total. The first-order valence-corrected chi connectivity index (χ1v) is 6.74. The number of nitrogens with zero attached hydrogens (tertiary/aromatic N) is 2. The number of amides is 2. The monoisotopic (exact) mass is 302 g/mol. The molecule has 1 heterocycles.